The first-order valence-electron chi connectivity index (χ1n) is 4.25. The summed E-state index contributed by atoms with van der Waals surface area (Å²) < 4.78 is 0. The van der Waals surface area contributed by atoms with Crippen molar-refractivity contribution >= 4 is 0 Å². The lowest BCUT2D eigenvalue weighted by atomic mass is 10.2. The van der Waals surface area contributed by atoms with Crippen LogP contribution in [0.2, 0.25) is 0 Å². The van der Waals surface area contributed by atoms with Crippen LogP contribution in [0.25, 0.3) is 10.4 Å². The Kier molecular flexibility index (Phi) is 4.06. The number of rotatable bonds is 2. The van der Waals surface area contributed by atoms with Crippen molar-refractivity contribution in [1.29, 1.82) is 0 Å². The molecule has 1 rings (SSSR count). The van der Waals surface area contributed by atoms with Crippen molar-refractivity contribution in [3.8, 4) is 11.8 Å². The van der Waals surface area contributed by atoms with Crippen LogP contribution in [-0.4, -0.2) is 11.5 Å². The zero-order valence-electron chi connectivity index (χ0n) is 7.94. The van der Waals surface area contributed by atoms with Crippen LogP contribution in [0, 0.1) is 18.8 Å². The van der Waals surface area contributed by atoms with E-state index in [2.05, 4.69) is 26.9 Å². The zero-order chi connectivity index (χ0) is 10.2. The molecule has 0 saturated heterocycles. The van der Waals surface area contributed by atoms with Crippen LogP contribution in [0.15, 0.2) is 23.4 Å². The lowest BCUT2D eigenvalue weighted by Gasteiger charge is -1.90. The number of aryl methyl sites for hydroxylation is 1. The highest BCUT2D eigenvalue weighted by molar-refractivity contribution is 5.29. The Morgan fingerprint density at radius 1 is 1.64 bits per heavy atom. The monoisotopic (exact) mass is 186 g/mol. The average Bonchev–Trinajstić information content (AvgIpc) is 2.18. The standard InChI is InChI=1S/C10H10N4/c1-9-5-7-12-10(8-9)4-2-3-6-13-14-11/h5,7-8H,3,6H2,1H3. The molecule has 0 amide bonds. The van der Waals surface area contributed by atoms with Gasteiger partial charge in [0, 0.05) is 24.1 Å². The van der Waals surface area contributed by atoms with Gasteiger partial charge in [-0.3, -0.25) is 0 Å². The van der Waals surface area contributed by atoms with E-state index < -0.39 is 0 Å². The molecule has 0 aliphatic rings. The van der Waals surface area contributed by atoms with Crippen LogP contribution in [-0.2, 0) is 0 Å². The topological polar surface area (TPSA) is 61.7 Å². The minimum atomic E-state index is 0.412. The van der Waals surface area contributed by atoms with Crippen molar-refractivity contribution in [3.05, 3.63) is 40.0 Å². The van der Waals surface area contributed by atoms with Gasteiger partial charge in [0.25, 0.3) is 0 Å². The molecule has 4 heteroatoms. The molecule has 0 aromatic carbocycles. The highest BCUT2D eigenvalue weighted by atomic mass is 15.1. The molecule has 1 aromatic rings. The Balaban J connectivity index is 2.54. The molecule has 1 aromatic heterocycles. The van der Waals surface area contributed by atoms with Crippen molar-refractivity contribution in [2.24, 2.45) is 5.11 Å². The fourth-order valence-corrected chi connectivity index (χ4v) is 0.908. The second-order valence-electron chi connectivity index (χ2n) is 2.72. The lowest BCUT2D eigenvalue weighted by molar-refractivity contribution is 1.01. The maximum atomic E-state index is 8.02. The maximum Gasteiger partial charge on any atom is 0.113 e. The van der Waals surface area contributed by atoms with Crippen LogP contribution in [0.5, 0.6) is 0 Å². The molecule has 0 N–H and O–H groups in total. The van der Waals surface area contributed by atoms with Crippen molar-refractivity contribution < 1.29 is 0 Å². The lowest BCUT2D eigenvalue weighted by Crippen LogP contribution is -1.82. The molecule has 0 bridgehead atoms. The minimum Gasteiger partial charge on any atom is -0.248 e. The summed E-state index contributed by atoms with van der Waals surface area (Å²) >= 11 is 0. The number of azide groups is 1. The molecule has 0 fully saturated rings. The molecule has 4 nitrogen and oxygen atoms in total. The van der Waals surface area contributed by atoms with Crippen LogP contribution >= 0.6 is 0 Å². The van der Waals surface area contributed by atoms with Crippen LogP contribution in [0.3, 0.4) is 0 Å². The molecule has 0 atom stereocenters. The van der Waals surface area contributed by atoms with Gasteiger partial charge < -0.3 is 0 Å². The van der Waals surface area contributed by atoms with E-state index in [1.54, 1.807) is 6.20 Å². The molecule has 14 heavy (non-hydrogen) atoms. The highest BCUT2D eigenvalue weighted by Crippen LogP contribution is 1.97. The third-order valence-electron chi connectivity index (χ3n) is 1.53. The Labute approximate surface area is 82.6 Å². The minimum absolute atomic E-state index is 0.412. The van der Waals surface area contributed by atoms with Crippen LogP contribution in [0.1, 0.15) is 17.7 Å². The summed E-state index contributed by atoms with van der Waals surface area (Å²) in [6.07, 6.45) is 2.30. The molecule has 1 heterocycles. The van der Waals surface area contributed by atoms with E-state index in [1.807, 2.05) is 19.1 Å². The van der Waals surface area contributed by atoms with Gasteiger partial charge in [-0.05, 0) is 36.1 Å². The maximum absolute atomic E-state index is 8.02. The molecule has 0 unspecified atom stereocenters. The Morgan fingerprint density at radius 3 is 3.21 bits per heavy atom. The number of nitrogens with zero attached hydrogens (tertiary/aromatic N) is 4. The summed E-state index contributed by atoms with van der Waals surface area (Å²) in [6.45, 7) is 2.40. The molecule has 0 aliphatic heterocycles. The molecule has 70 valence electrons. The van der Waals surface area contributed by atoms with Gasteiger partial charge in [0.1, 0.15) is 5.69 Å². The Bertz CT molecular complexity index is 408. The summed E-state index contributed by atoms with van der Waals surface area (Å²) in [6, 6.07) is 3.84. The van der Waals surface area contributed by atoms with E-state index in [-0.39, 0.29) is 0 Å². The van der Waals surface area contributed by atoms with E-state index in [0.717, 1.165) is 11.3 Å². The quantitative estimate of drug-likeness (QED) is 0.230. The van der Waals surface area contributed by atoms with Gasteiger partial charge in [0.05, 0.1) is 0 Å². The third-order valence-corrected chi connectivity index (χ3v) is 1.53. The molecule has 0 spiro atoms. The van der Waals surface area contributed by atoms with E-state index >= 15 is 0 Å². The Morgan fingerprint density at radius 2 is 2.50 bits per heavy atom. The van der Waals surface area contributed by atoms with Crippen molar-refractivity contribution in [2.75, 3.05) is 6.54 Å². The molecule has 0 saturated carbocycles. The zero-order valence-corrected chi connectivity index (χ0v) is 7.94. The number of aromatic nitrogens is 1. The SMILES string of the molecule is Cc1ccnc(C#CCCN=[N+]=[N-])c1. The summed E-state index contributed by atoms with van der Waals surface area (Å²) in [5, 5.41) is 3.38. The van der Waals surface area contributed by atoms with E-state index in [0.29, 0.717) is 13.0 Å². The third kappa shape index (κ3) is 3.61. The van der Waals surface area contributed by atoms with E-state index in [4.69, 9.17) is 5.53 Å². The van der Waals surface area contributed by atoms with Gasteiger partial charge in [-0.1, -0.05) is 11.0 Å². The van der Waals surface area contributed by atoms with Crippen molar-refractivity contribution in [2.45, 2.75) is 13.3 Å². The summed E-state index contributed by atoms with van der Waals surface area (Å²) in [4.78, 5) is 6.72. The first-order valence-corrected chi connectivity index (χ1v) is 4.25. The first-order chi connectivity index (χ1) is 6.83. The number of hydrogen-bond acceptors (Lipinski definition) is 2. The van der Waals surface area contributed by atoms with Gasteiger partial charge >= 0.3 is 0 Å². The predicted octanol–water partition coefficient (Wildman–Crippen LogP) is 2.44. The highest BCUT2D eigenvalue weighted by Gasteiger charge is 1.87. The summed E-state index contributed by atoms with van der Waals surface area (Å²) in [7, 11) is 0. The normalized spacial score (nSPS) is 8.36. The van der Waals surface area contributed by atoms with Gasteiger partial charge in [-0.2, -0.15) is 0 Å². The average molecular weight is 186 g/mol. The number of pyridine rings is 1. The smallest absolute Gasteiger partial charge is 0.113 e. The summed E-state index contributed by atoms with van der Waals surface area (Å²) in [5.74, 6) is 5.79. The Hall–Kier alpha value is -1.98. The molecular formula is C10H10N4. The predicted molar refractivity (Wildman–Crippen MR) is 54.5 cm³/mol. The molecule has 0 aliphatic carbocycles. The van der Waals surface area contributed by atoms with E-state index in [9.17, 15) is 0 Å². The van der Waals surface area contributed by atoms with Crippen molar-refractivity contribution in [3.63, 3.8) is 0 Å². The second-order valence-corrected chi connectivity index (χ2v) is 2.72. The fourth-order valence-electron chi connectivity index (χ4n) is 0.908. The van der Waals surface area contributed by atoms with Gasteiger partial charge in [0.2, 0.25) is 0 Å². The van der Waals surface area contributed by atoms with Gasteiger partial charge in [-0.25, -0.2) is 4.98 Å². The molecular weight excluding hydrogens is 176 g/mol. The van der Waals surface area contributed by atoms with Crippen LogP contribution < -0.4 is 0 Å². The number of hydrogen-bond donors (Lipinski definition) is 0. The van der Waals surface area contributed by atoms with Gasteiger partial charge in [0.15, 0.2) is 0 Å². The van der Waals surface area contributed by atoms with E-state index in [1.165, 1.54) is 0 Å². The summed E-state index contributed by atoms with van der Waals surface area (Å²) in [5.41, 5.74) is 9.91. The van der Waals surface area contributed by atoms with Gasteiger partial charge in [-0.15, -0.1) is 0 Å². The second kappa shape index (κ2) is 5.63. The first kappa shape index (κ1) is 10.1. The fraction of sp³-hybridized carbons (Fsp3) is 0.300. The molecule has 0 radical (unpaired) electrons. The van der Waals surface area contributed by atoms with Crippen molar-refractivity contribution in [1.82, 2.24) is 4.98 Å². The van der Waals surface area contributed by atoms with Crippen LogP contribution in [0.4, 0.5) is 0 Å². The largest absolute Gasteiger partial charge is 0.248 e.